The zero-order valence-electron chi connectivity index (χ0n) is 21.8. The number of rotatable bonds is 22. The van der Waals surface area contributed by atoms with Crippen molar-refractivity contribution in [2.24, 2.45) is 10.8 Å². The number of unbranched alkanes of at least 4 members (excludes halogenated alkanes) is 10. The Hall–Kier alpha value is -0.640. The molecule has 0 radical (unpaired) electrons. The molecule has 1 saturated carbocycles. The lowest BCUT2D eigenvalue weighted by atomic mass is 9.50. The first-order valence-electron chi connectivity index (χ1n) is 14.3. The molecule has 0 spiro atoms. The van der Waals surface area contributed by atoms with Gasteiger partial charge in [-0.2, -0.15) is 0 Å². The fourth-order valence-corrected chi connectivity index (χ4v) is 6.31. The van der Waals surface area contributed by atoms with Crippen LogP contribution in [0, 0.1) is 10.8 Å². The van der Waals surface area contributed by atoms with Crippen LogP contribution < -0.4 is 0 Å². The summed E-state index contributed by atoms with van der Waals surface area (Å²) in [5.74, 6) is 0. The second kappa shape index (κ2) is 19.6. The summed E-state index contributed by atoms with van der Waals surface area (Å²) < 4.78 is 0. The summed E-state index contributed by atoms with van der Waals surface area (Å²) in [5.41, 5.74) is 0.699. The lowest BCUT2D eigenvalue weighted by Crippen LogP contribution is -2.44. The topological polar surface area (TPSA) is 60.7 Å². The maximum Gasteiger partial charge on any atom is 0.0431 e. The average Bonchev–Trinajstić information content (AvgIpc) is 2.83. The molecule has 0 aromatic heterocycles. The van der Waals surface area contributed by atoms with Crippen molar-refractivity contribution in [3.63, 3.8) is 0 Å². The van der Waals surface area contributed by atoms with Gasteiger partial charge in [-0.05, 0) is 75.0 Å². The van der Waals surface area contributed by atoms with E-state index in [4.69, 9.17) is 0 Å². The molecule has 3 nitrogen and oxygen atoms in total. The Kier molecular flexibility index (Phi) is 18.1. The molecule has 1 aliphatic rings. The van der Waals surface area contributed by atoms with Crippen LogP contribution in [-0.2, 0) is 0 Å². The van der Waals surface area contributed by atoms with E-state index in [1.165, 1.54) is 83.5 Å². The molecule has 0 amide bonds. The summed E-state index contributed by atoms with van der Waals surface area (Å²) in [5, 5.41) is 27.6. The standard InChI is InChI=1S/C30H56O3/c1-2-3-4-11-20-29(21-12-5-8-17-26-31)24-15-16-25-30(29,22-13-6-9-18-27-32)23-14-7-10-19-28-33/h2,11,20,31-33H,1,3-10,12-19,21-28H2. The molecule has 3 N–H and O–H groups in total. The SMILES string of the molecule is C=CCCC=CC1(CCCCCCO)CCCCC1(CCCCCCO)CCCCCCO. The summed E-state index contributed by atoms with van der Waals surface area (Å²) in [6.07, 6.45) is 32.4. The third kappa shape index (κ3) is 11.6. The van der Waals surface area contributed by atoms with Gasteiger partial charge in [0.05, 0.1) is 0 Å². The Labute approximate surface area is 205 Å². The highest BCUT2D eigenvalue weighted by molar-refractivity contribution is 5.11. The Balaban J connectivity index is 3.03. The van der Waals surface area contributed by atoms with Gasteiger partial charge in [-0.1, -0.05) is 88.9 Å². The van der Waals surface area contributed by atoms with Crippen molar-refractivity contribution in [1.29, 1.82) is 0 Å². The third-order valence-corrected chi connectivity index (χ3v) is 8.22. The molecule has 0 aliphatic heterocycles. The minimum Gasteiger partial charge on any atom is -0.396 e. The van der Waals surface area contributed by atoms with E-state index >= 15 is 0 Å². The number of aliphatic hydroxyl groups is 3. The molecule has 0 saturated heterocycles. The largest absolute Gasteiger partial charge is 0.396 e. The van der Waals surface area contributed by atoms with Gasteiger partial charge in [-0.3, -0.25) is 0 Å². The molecule has 1 aliphatic carbocycles. The molecule has 0 aromatic rings. The molecule has 1 fully saturated rings. The lowest BCUT2D eigenvalue weighted by molar-refractivity contribution is -0.00560. The molecule has 1 unspecified atom stereocenters. The van der Waals surface area contributed by atoms with E-state index in [2.05, 4.69) is 18.7 Å². The van der Waals surface area contributed by atoms with Gasteiger partial charge in [0.1, 0.15) is 0 Å². The van der Waals surface area contributed by atoms with E-state index in [0.717, 1.165) is 51.4 Å². The van der Waals surface area contributed by atoms with Gasteiger partial charge in [0.25, 0.3) is 0 Å². The summed E-state index contributed by atoms with van der Waals surface area (Å²) in [6, 6.07) is 0. The zero-order valence-corrected chi connectivity index (χ0v) is 21.8. The van der Waals surface area contributed by atoms with Gasteiger partial charge in [-0.15, -0.1) is 6.58 Å². The van der Waals surface area contributed by atoms with Crippen molar-refractivity contribution < 1.29 is 15.3 Å². The van der Waals surface area contributed by atoms with Gasteiger partial charge in [0.15, 0.2) is 0 Å². The van der Waals surface area contributed by atoms with Crippen LogP contribution >= 0.6 is 0 Å². The maximum absolute atomic E-state index is 9.18. The van der Waals surface area contributed by atoms with Gasteiger partial charge in [0.2, 0.25) is 0 Å². The lowest BCUT2D eigenvalue weighted by Gasteiger charge is -2.54. The number of aliphatic hydroxyl groups excluding tert-OH is 3. The normalized spacial score (nSPS) is 20.5. The van der Waals surface area contributed by atoms with Gasteiger partial charge in [-0.25, -0.2) is 0 Å². The summed E-state index contributed by atoms with van der Waals surface area (Å²) in [7, 11) is 0. The molecular formula is C30H56O3. The van der Waals surface area contributed by atoms with Crippen LogP contribution in [0.5, 0.6) is 0 Å². The minimum atomic E-state index is 0.305. The van der Waals surface area contributed by atoms with E-state index in [0.29, 0.717) is 30.7 Å². The Morgan fingerprint density at radius 2 is 1.06 bits per heavy atom. The molecule has 33 heavy (non-hydrogen) atoms. The molecule has 1 rings (SSSR count). The first kappa shape index (κ1) is 30.4. The molecule has 1 atom stereocenters. The van der Waals surface area contributed by atoms with Crippen LogP contribution in [-0.4, -0.2) is 35.1 Å². The Bertz CT molecular complexity index is 473. The number of allylic oxidation sites excluding steroid dienone is 3. The van der Waals surface area contributed by atoms with E-state index in [1.54, 1.807) is 0 Å². The summed E-state index contributed by atoms with van der Waals surface area (Å²) >= 11 is 0. The van der Waals surface area contributed by atoms with Crippen molar-refractivity contribution in [1.82, 2.24) is 0 Å². The van der Waals surface area contributed by atoms with Crippen LogP contribution in [0.25, 0.3) is 0 Å². The van der Waals surface area contributed by atoms with Gasteiger partial charge in [0, 0.05) is 19.8 Å². The quantitative estimate of drug-likeness (QED) is 0.113. The van der Waals surface area contributed by atoms with E-state index in [-0.39, 0.29) is 0 Å². The molecular weight excluding hydrogens is 408 g/mol. The Morgan fingerprint density at radius 1 is 0.576 bits per heavy atom. The molecule has 0 bridgehead atoms. The molecule has 0 aromatic carbocycles. The van der Waals surface area contributed by atoms with Crippen molar-refractivity contribution in [3.8, 4) is 0 Å². The average molecular weight is 465 g/mol. The van der Waals surface area contributed by atoms with Crippen LogP contribution in [0.3, 0.4) is 0 Å². The maximum atomic E-state index is 9.18. The van der Waals surface area contributed by atoms with Gasteiger partial charge >= 0.3 is 0 Å². The molecule has 0 heterocycles. The summed E-state index contributed by atoms with van der Waals surface area (Å²) in [6.45, 7) is 4.87. The van der Waals surface area contributed by atoms with Crippen molar-refractivity contribution in [3.05, 3.63) is 24.8 Å². The Morgan fingerprint density at radius 3 is 1.58 bits per heavy atom. The van der Waals surface area contributed by atoms with Crippen molar-refractivity contribution in [2.75, 3.05) is 19.8 Å². The highest BCUT2D eigenvalue weighted by Crippen LogP contribution is 2.60. The second-order valence-electron chi connectivity index (χ2n) is 10.6. The highest BCUT2D eigenvalue weighted by Gasteiger charge is 2.49. The minimum absolute atomic E-state index is 0.305. The fourth-order valence-electron chi connectivity index (χ4n) is 6.31. The molecule has 3 heteroatoms. The predicted octanol–water partition coefficient (Wildman–Crippen LogP) is 7.88. The fraction of sp³-hybridized carbons (Fsp3) is 0.867. The van der Waals surface area contributed by atoms with E-state index in [9.17, 15) is 15.3 Å². The smallest absolute Gasteiger partial charge is 0.0431 e. The van der Waals surface area contributed by atoms with E-state index in [1.807, 2.05) is 6.08 Å². The monoisotopic (exact) mass is 464 g/mol. The third-order valence-electron chi connectivity index (χ3n) is 8.22. The molecule has 194 valence electrons. The van der Waals surface area contributed by atoms with Crippen LogP contribution in [0.4, 0.5) is 0 Å². The van der Waals surface area contributed by atoms with Crippen LogP contribution in [0.2, 0.25) is 0 Å². The zero-order chi connectivity index (χ0) is 24.1. The number of hydrogen-bond donors (Lipinski definition) is 3. The highest BCUT2D eigenvalue weighted by atomic mass is 16.3. The van der Waals surface area contributed by atoms with Gasteiger partial charge < -0.3 is 15.3 Å². The second-order valence-corrected chi connectivity index (χ2v) is 10.6. The van der Waals surface area contributed by atoms with Crippen molar-refractivity contribution >= 4 is 0 Å². The van der Waals surface area contributed by atoms with Crippen molar-refractivity contribution in [2.45, 2.75) is 135 Å². The summed E-state index contributed by atoms with van der Waals surface area (Å²) in [4.78, 5) is 0. The van der Waals surface area contributed by atoms with Crippen LogP contribution in [0.15, 0.2) is 24.8 Å². The van der Waals surface area contributed by atoms with E-state index < -0.39 is 0 Å². The first-order valence-corrected chi connectivity index (χ1v) is 14.3. The van der Waals surface area contributed by atoms with Crippen LogP contribution in [0.1, 0.15) is 135 Å². The number of hydrogen-bond acceptors (Lipinski definition) is 3. The predicted molar refractivity (Wildman–Crippen MR) is 142 cm³/mol. The first-order chi connectivity index (χ1) is 16.2.